The molecule has 7 heteroatoms. The Bertz CT molecular complexity index is 409. The van der Waals surface area contributed by atoms with Crippen LogP contribution in [0.5, 0.6) is 0 Å². The van der Waals surface area contributed by atoms with Crippen molar-refractivity contribution < 1.29 is 23.9 Å². The number of esters is 2. The van der Waals surface area contributed by atoms with Gasteiger partial charge in [-0.15, -0.1) is 11.8 Å². The van der Waals surface area contributed by atoms with E-state index in [-0.39, 0.29) is 23.6 Å². The first-order valence-electron chi connectivity index (χ1n) is 5.05. The third-order valence-electron chi connectivity index (χ3n) is 2.28. The van der Waals surface area contributed by atoms with E-state index in [1.807, 2.05) is 0 Å². The van der Waals surface area contributed by atoms with E-state index in [1.54, 1.807) is 0 Å². The van der Waals surface area contributed by atoms with Crippen molar-refractivity contribution >= 4 is 29.6 Å². The second-order valence-electron chi connectivity index (χ2n) is 3.67. The van der Waals surface area contributed by atoms with Gasteiger partial charge in [-0.1, -0.05) is 0 Å². The molecule has 1 unspecified atom stereocenters. The van der Waals surface area contributed by atoms with Crippen molar-refractivity contribution in [3.05, 3.63) is 11.3 Å². The average Bonchev–Trinajstić information content (AvgIpc) is 2.54. The van der Waals surface area contributed by atoms with Crippen LogP contribution in [0.15, 0.2) is 11.3 Å². The summed E-state index contributed by atoms with van der Waals surface area (Å²) in [5.41, 5.74) is 0.649. The summed E-state index contributed by atoms with van der Waals surface area (Å²) >= 11 is 1.48. The molecule has 0 spiro atoms. The van der Waals surface area contributed by atoms with Gasteiger partial charge in [-0.05, 0) is 0 Å². The van der Waals surface area contributed by atoms with Crippen LogP contribution in [0.3, 0.4) is 0 Å². The topological polar surface area (TPSA) is 81.7 Å². The maximum Gasteiger partial charge on any atom is 0.374 e. The molecule has 1 atom stereocenters. The van der Waals surface area contributed by atoms with Crippen molar-refractivity contribution in [2.45, 2.75) is 18.7 Å². The highest BCUT2D eigenvalue weighted by atomic mass is 32.2. The SMILES string of the molecule is CC(=O)OC1=C(CSC2CC(=O)N2)COC1=O. The highest BCUT2D eigenvalue weighted by Gasteiger charge is 2.31. The second kappa shape index (κ2) is 4.79. The van der Waals surface area contributed by atoms with Gasteiger partial charge in [0.25, 0.3) is 0 Å². The Morgan fingerprint density at radius 2 is 2.29 bits per heavy atom. The molecule has 0 saturated carbocycles. The van der Waals surface area contributed by atoms with E-state index >= 15 is 0 Å². The van der Waals surface area contributed by atoms with Gasteiger partial charge in [-0.3, -0.25) is 9.59 Å². The molecule has 6 nitrogen and oxygen atoms in total. The number of carbonyl (C=O) groups excluding carboxylic acids is 3. The van der Waals surface area contributed by atoms with Crippen LogP contribution in [0.1, 0.15) is 13.3 Å². The third-order valence-corrected chi connectivity index (χ3v) is 3.48. The van der Waals surface area contributed by atoms with E-state index in [4.69, 9.17) is 9.47 Å². The lowest BCUT2D eigenvalue weighted by Gasteiger charge is -2.26. The van der Waals surface area contributed by atoms with Crippen LogP contribution in [0.2, 0.25) is 0 Å². The third kappa shape index (κ3) is 2.79. The summed E-state index contributed by atoms with van der Waals surface area (Å²) in [6.45, 7) is 1.38. The van der Waals surface area contributed by atoms with Crippen molar-refractivity contribution in [2.75, 3.05) is 12.4 Å². The minimum absolute atomic E-state index is 0.00403. The first kappa shape index (κ1) is 12.0. The van der Waals surface area contributed by atoms with E-state index in [2.05, 4.69) is 5.32 Å². The fourth-order valence-electron chi connectivity index (χ4n) is 1.42. The molecule has 2 aliphatic rings. The van der Waals surface area contributed by atoms with Gasteiger partial charge in [-0.2, -0.15) is 0 Å². The van der Waals surface area contributed by atoms with Gasteiger partial charge in [0, 0.05) is 18.2 Å². The standard InChI is InChI=1S/C10H11NO5S/c1-5(12)16-9-6(3-15-10(9)14)4-17-8-2-7(13)11-8/h8H,2-4H2,1H3,(H,11,13). The average molecular weight is 257 g/mol. The zero-order valence-electron chi connectivity index (χ0n) is 9.15. The highest BCUT2D eigenvalue weighted by molar-refractivity contribution is 8.00. The first-order valence-corrected chi connectivity index (χ1v) is 6.09. The Morgan fingerprint density at radius 3 is 2.88 bits per heavy atom. The molecule has 92 valence electrons. The molecule has 0 bridgehead atoms. The van der Waals surface area contributed by atoms with E-state index < -0.39 is 11.9 Å². The van der Waals surface area contributed by atoms with Gasteiger partial charge in [-0.25, -0.2) is 4.79 Å². The number of hydrogen-bond donors (Lipinski definition) is 1. The number of cyclic esters (lactones) is 1. The van der Waals surface area contributed by atoms with E-state index in [1.165, 1.54) is 18.7 Å². The normalized spacial score (nSPS) is 23.0. The fourth-order valence-corrected chi connectivity index (χ4v) is 2.52. The number of rotatable bonds is 4. The zero-order chi connectivity index (χ0) is 12.4. The molecule has 0 aromatic carbocycles. The highest BCUT2D eigenvalue weighted by Crippen LogP contribution is 2.26. The number of nitrogens with one attached hydrogen (secondary N) is 1. The molecule has 0 radical (unpaired) electrons. The van der Waals surface area contributed by atoms with Crippen LogP contribution in [-0.2, 0) is 23.9 Å². The monoisotopic (exact) mass is 257 g/mol. The van der Waals surface area contributed by atoms with Crippen molar-refractivity contribution in [1.82, 2.24) is 5.32 Å². The predicted molar refractivity (Wildman–Crippen MR) is 58.8 cm³/mol. The Morgan fingerprint density at radius 1 is 1.59 bits per heavy atom. The lowest BCUT2D eigenvalue weighted by molar-refractivity contribution is -0.147. The van der Waals surface area contributed by atoms with E-state index in [9.17, 15) is 14.4 Å². The quantitative estimate of drug-likeness (QED) is 0.561. The zero-order valence-corrected chi connectivity index (χ0v) is 9.96. The summed E-state index contributed by atoms with van der Waals surface area (Å²) in [6.07, 6.45) is 0.482. The summed E-state index contributed by atoms with van der Waals surface area (Å²) in [5.74, 6) is -0.628. The van der Waals surface area contributed by atoms with Gasteiger partial charge in [0.1, 0.15) is 6.61 Å². The summed E-state index contributed by atoms with van der Waals surface area (Å²) in [5, 5.41) is 2.77. The molecule has 0 aromatic rings. The van der Waals surface area contributed by atoms with Gasteiger partial charge in [0.05, 0.1) is 11.8 Å². The second-order valence-corrected chi connectivity index (χ2v) is 4.86. The molecule has 1 fully saturated rings. The number of ether oxygens (including phenoxy) is 2. The maximum atomic E-state index is 11.3. The maximum absolute atomic E-state index is 11.3. The summed E-state index contributed by atoms with van der Waals surface area (Å²) in [7, 11) is 0. The van der Waals surface area contributed by atoms with Crippen LogP contribution >= 0.6 is 11.8 Å². The van der Waals surface area contributed by atoms with Gasteiger partial charge < -0.3 is 14.8 Å². The summed E-state index contributed by atoms with van der Waals surface area (Å²) < 4.78 is 9.60. The van der Waals surface area contributed by atoms with E-state index in [0.29, 0.717) is 17.7 Å². The Labute approximate surface area is 102 Å². The Hall–Kier alpha value is -1.50. The lowest BCUT2D eigenvalue weighted by atomic mass is 10.3. The van der Waals surface area contributed by atoms with Crippen LogP contribution in [0.25, 0.3) is 0 Å². The molecule has 1 N–H and O–H groups in total. The number of β-lactam (4-membered cyclic amide) rings is 1. The lowest BCUT2D eigenvalue weighted by Crippen LogP contribution is -2.46. The molecule has 1 saturated heterocycles. The smallest absolute Gasteiger partial charge is 0.374 e. The molecule has 2 heterocycles. The molecular weight excluding hydrogens is 246 g/mol. The Balaban J connectivity index is 1.92. The van der Waals surface area contributed by atoms with Crippen LogP contribution in [0.4, 0.5) is 0 Å². The van der Waals surface area contributed by atoms with Gasteiger partial charge in [0.15, 0.2) is 0 Å². The largest absolute Gasteiger partial charge is 0.455 e. The van der Waals surface area contributed by atoms with Crippen LogP contribution < -0.4 is 5.32 Å². The van der Waals surface area contributed by atoms with Crippen LogP contribution in [-0.4, -0.2) is 35.6 Å². The number of carbonyl (C=O) groups is 3. The first-order chi connectivity index (χ1) is 8.06. The number of amides is 1. The minimum Gasteiger partial charge on any atom is -0.455 e. The molecule has 2 aliphatic heterocycles. The molecule has 0 aliphatic carbocycles. The molecule has 1 amide bonds. The van der Waals surface area contributed by atoms with Gasteiger partial charge >= 0.3 is 11.9 Å². The van der Waals surface area contributed by atoms with Crippen molar-refractivity contribution in [2.24, 2.45) is 0 Å². The molecule has 0 aromatic heterocycles. The summed E-state index contributed by atoms with van der Waals surface area (Å²) in [6, 6.07) is 0. The van der Waals surface area contributed by atoms with Crippen molar-refractivity contribution in [3.63, 3.8) is 0 Å². The van der Waals surface area contributed by atoms with E-state index in [0.717, 1.165) is 0 Å². The molecular formula is C10H11NO5S. The van der Waals surface area contributed by atoms with Crippen LogP contribution in [0, 0.1) is 0 Å². The van der Waals surface area contributed by atoms with Crippen molar-refractivity contribution in [1.29, 1.82) is 0 Å². The molecule has 17 heavy (non-hydrogen) atoms. The number of thioether (sulfide) groups is 1. The summed E-state index contributed by atoms with van der Waals surface area (Å²) in [4.78, 5) is 32.8. The fraction of sp³-hybridized carbons (Fsp3) is 0.500. The number of hydrogen-bond acceptors (Lipinski definition) is 6. The van der Waals surface area contributed by atoms with Crippen molar-refractivity contribution in [3.8, 4) is 0 Å². The Kier molecular flexibility index (Phi) is 3.37. The predicted octanol–water partition coefficient (Wildman–Crippen LogP) is -0.0604. The minimum atomic E-state index is -0.603. The molecule has 2 rings (SSSR count). The van der Waals surface area contributed by atoms with Gasteiger partial charge in [0.2, 0.25) is 11.7 Å².